The summed E-state index contributed by atoms with van der Waals surface area (Å²) in [6.45, 7) is 6.23. The number of alkyl halides is 2. The van der Waals surface area contributed by atoms with E-state index in [1.807, 2.05) is 6.07 Å². The van der Waals surface area contributed by atoms with Crippen molar-refractivity contribution in [3.63, 3.8) is 0 Å². The summed E-state index contributed by atoms with van der Waals surface area (Å²) in [6, 6.07) is 9.88. The molecule has 5 rings (SSSR count). The Balaban J connectivity index is 1.36. The van der Waals surface area contributed by atoms with E-state index in [1.165, 1.54) is 4.57 Å². The number of hydrogen-bond donors (Lipinski definition) is 1. The Morgan fingerprint density at radius 2 is 1.79 bits per heavy atom. The fourth-order valence-electron chi connectivity index (χ4n) is 5.71. The summed E-state index contributed by atoms with van der Waals surface area (Å²) in [5.41, 5.74) is 1.10. The Morgan fingerprint density at radius 3 is 2.51 bits per heavy atom. The maximum Gasteiger partial charge on any atom is 0.296 e. The van der Waals surface area contributed by atoms with Gasteiger partial charge in [0.15, 0.2) is 5.82 Å². The van der Waals surface area contributed by atoms with Crippen LogP contribution in [0.5, 0.6) is 0 Å². The van der Waals surface area contributed by atoms with Crippen LogP contribution in [-0.4, -0.2) is 90.1 Å². The van der Waals surface area contributed by atoms with Crippen molar-refractivity contribution in [2.75, 3.05) is 63.8 Å². The zero-order chi connectivity index (χ0) is 27.4. The Kier molecular flexibility index (Phi) is 8.89. The molecule has 3 aromatic rings. The van der Waals surface area contributed by atoms with Crippen molar-refractivity contribution in [2.24, 2.45) is 5.92 Å². The molecule has 3 heterocycles. The summed E-state index contributed by atoms with van der Waals surface area (Å²) in [5.74, 6) is 1.70. The first-order chi connectivity index (χ1) is 18.9. The lowest BCUT2D eigenvalue weighted by Gasteiger charge is -2.37. The number of anilines is 2. The van der Waals surface area contributed by atoms with E-state index in [2.05, 4.69) is 34.1 Å². The largest absolute Gasteiger partial charge is 0.383 e. The van der Waals surface area contributed by atoms with E-state index in [0.717, 1.165) is 38.8 Å². The summed E-state index contributed by atoms with van der Waals surface area (Å²) in [7, 11) is 3.94. The quantitative estimate of drug-likeness (QED) is 0.400. The van der Waals surface area contributed by atoms with Crippen LogP contribution < -0.4 is 10.2 Å². The second kappa shape index (κ2) is 12.5. The summed E-state index contributed by atoms with van der Waals surface area (Å²) in [5, 5.41) is 3.45. The number of imidazole rings is 1. The molecule has 1 unspecified atom stereocenters. The zero-order valence-electron chi connectivity index (χ0n) is 23.0. The molecule has 1 atom stereocenters. The molecule has 39 heavy (non-hydrogen) atoms. The molecule has 1 saturated carbocycles. The molecule has 2 aliphatic rings. The van der Waals surface area contributed by atoms with E-state index in [-0.39, 0.29) is 5.82 Å². The molecule has 0 spiro atoms. The molecule has 2 aromatic heterocycles. The van der Waals surface area contributed by atoms with E-state index in [0.29, 0.717) is 72.9 Å². The standard InChI is InChI=1S/C28H39F2N7O2/c1-19(18-38-3)35(2)21-10-8-20(9-11-21)17-31-28-33-24(36-12-14-39-15-13-36)16-25(34-28)37-23-7-5-4-6-22(23)32-27(37)26(29)30/h4-7,16,19-21,26H,8-15,17-18H2,1-3H3,(H,31,33,34). The van der Waals surface area contributed by atoms with Crippen LogP contribution in [0.4, 0.5) is 20.5 Å². The van der Waals surface area contributed by atoms with Crippen molar-refractivity contribution < 1.29 is 18.3 Å². The molecule has 9 nitrogen and oxygen atoms in total. The highest BCUT2D eigenvalue weighted by molar-refractivity contribution is 5.78. The molecule has 0 bridgehead atoms. The number of ether oxygens (including phenoxy) is 2. The average Bonchev–Trinajstić information content (AvgIpc) is 3.37. The number of halogens is 2. The number of fused-ring (bicyclic) bond motifs is 1. The van der Waals surface area contributed by atoms with Gasteiger partial charge in [-0.15, -0.1) is 0 Å². The molecule has 212 valence electrons. The molecule has 2 fully saturated rings. The smallest absolute Gasteiger partial charge is 0.296 e. The maximum absolute atomic E-state index is 14.1. The van der Waals surface area contributed by atoms with Crippen molar-refractivity contribution in [1.82, 2.24) is 24.4 Å². The molecule has 11 heteroatoms. The molecule has 1 aliphatic heterocycles. The van der Waals surface area contributed by atoms with Gasteiger partial charge in [-0.3, -0.25) is 9.47 Å². The lowest BCUT2D eigenvalue weighted by molar-refractivity contribution is 0.0696. The minimum absolute atomic E-state index is 0.320. The van der Waals surface area contributed by atoms with Gasteiger partial charge in [0.05, 0.1) is 30.9 Å². The van der Waals surface area contributed by atoms with E-state index >= 15 is 0 Å². The van der Waals surface area contributed by atoms with Crippen molar-refractivity contribution in [2.45, 2.75) is 51.1 Å². The van der Waals surface area contributed by atoms with Crippen LogP contribution in [0.25, 0.3) is 16.9 Å². The molecule has 1 aromatic carbocycles. The number of morpholine rings is 1. The molecular formula is C28H39F2N7O2. The maximum atomic E-state index is 14.1. The first-order valence-corrected chi connectivity index (χ1v) is 13.9. The van der Waals surface area contributed by atoms with Gasteiger partial charge < -0.3 is 19.7 Å². The number of nitrogens with one attached hydrogen (secondary N) is 1. The second-order valence-corrected chi connectivity index (χ2v) is 10.6. The van der Waals surface area contributed by atoms with Gasteiger partial charge in [-0.25, -0.2) is 13.8 Å². The fraction of sp³-hybridized carbons (Fsp3) is 0.607. The van der Waals surface area contributed by atoms with Gasteiger partial charge in [0.1, 0.15) is 11.6 Å². The van der Waals surface area contributed by atoms with Crippen molar-refractivity contribution >= 4 is 22.8 Å². The van der Waals surface area contributed by atoms with Crippen molar-refractivity contribution in [3.8, 4) is 5.82 Å². The first-order valence-electron chi connectivity index (χ1n) is 13.9. The van der Waals surface area contributed by atoms with E-state index in [9.17, 15) is 8.78 Å². The summed E-state index contributed by atoms with van der Waals surface area (Å²) >= 11 is 0. The molecule has 1 aliphatic carbocycles. The lowest BCUT2D eigenvalue weighted by Crippen LogP contribution is -2.43. The third-order valence-corrected chi connectivity index (χ3v) is 8.09. The molecule has 0 radical (unpaired) electrons. The number of rotatable bonds is 10. The Labute approximate surface area is 228 Å². The van der Waals surface area contributed by atoms with Gasteiger partial charge in [0.2, 0.25) is 5.95 Å². The SMILES string of the molecule is COCC(C)N(C)C1CCC(CNc2nc(N3CCOCC3)cc(-n3c(C(F)F)nc4ccccc43)n2)CC1. The van der Waals surface area contributed by atoms with Gasteiger partial charge in [0.25, 0.3) is 6.43 Å². The summed E-state index contributed by atoms with van der Waals surface area (Å²) < 4.78 is 40.5. The Hall–Kier alpha value is -2.89. The van der Waals surface area contributed by atoms with E-state index in [1.54, 1.807) is 31.4 Å². The van der Waals surface area contributed by atoms with Gasteiger partial charge in [0, 0.05) is 44.9 Å². The number of benzene rings is 1. The number of hydrogen-bond acceptors (Lipinski definition) is 8. The topological polar surface area (TPSA) is 80.6 Å². The number of para-hydroxylation sites is 2. The predicted octanol–water partition coefficient (Wildman–Crippen LogP) is 4.53. The van der Waals surface area contributed by atoms with Crippen molar-refractivity contribution in [1.29, 1.82) is 0 Å². The minimum atomic E-state index is -2.74. The lowest BCUT2D eigenvalue weighted by atomic mass is 9.85. The van der Waals surface area contributed by atoms with E-state index < -0.39 is 6.43 Å². The minimum Gasteiger partial charge on any atom is -0.383 e. The average molecular weight is 544 g/mol. The number of aromatic nitrogens is 4. The zero-order valence-corrected chi connectivity index (χ0v) is 23.0. The molecular weight excluding hydrogens is 504 g/mol. The van der Waals surface area contributed by atoms with Crippen LogP contribution in [0, 0.1) is 5.92 Å². The molecule has 0 amide bonds. The predicted molar refractivity (Wildman–Crippen MR) is 148 cm³/mol. The third kappa shape index (κ3) is 6.31. The van der Waals surface area contributed by atoms with Crippen LogP contribution in [0.15, 0.2) is 30.3 Å². The van der Waals surface area contributed by atoms with Gasteiger partial charge in [-0.05, 0) is 57.7 Å². The van der Waals surface area contributed by atoms with E-state index in [4.69, 9.17) is 19.4 Å². The summed E-state index contributed by atoms with van der Waals surface area (Å²) in [6.07, 6.45) is 1.75. The highest BCUT2D eigenvalue weighted by atomic mass is 19.3. The normalized spacial score (nSPS) is 21.2. The van der Waals surface area contributed by atoms with Crippen molar-refractivity contribution in [3.05, 3.63) is 36.2 Å². The van der Waals surface area contributed by atoms with Crippen LogP contribution in [-0.2, 0) is 9.47 Å². The number of likely N-dealkylation sites (N-methyl/N-ethyl adjacent to an activating group) is 1. The highest BCUT2D eigenvalue weighted by Crippen LogP contribution is 2.31. The number of methoxy groups -OCH3 is 1. The van der Waals surface area contributed by atoms with Crippen LogP contribution in [0.1, 0.15) is 44.9 Å². The monoisotopic (exact) mass is 543 g/mol. The highest BCUT2D eigenvalue weighted by Gasteiger charge is 2.27. The van der Waals surface area contributed by atoms with Gasteiger partial charge in [-0.1, -0.05) is 12.1 Å². The van der Waals surface area contributed by atoms with Gasteiger partial charge in [-0.2, -0.15) is 9.97 Å². The molecule has 1 saturated heterocycles. The Morgan fingerprint density at radius 1 is 1.08 bits per heavy atom. The van der Waals surface area contributed by atoms with Gasteiger partial charge >= 0.3 is 0 Å². The second-order valence-electron chi connectivity index (χ2n) is 10.6. The fourth-order valence-corrected chi connectivity index (χ4v) is 5.71. The first kappa shape index (κ1) is 27.7. The Bertz CT molecular complexity index is 1230. The van der Waals surface area contributed by atoms with Crippen LogP contribution >= 0.6 is 0 Å². The van der Waals surface area contributed by atoms with Crippen LogP contribution in [0.3, 0.4) is 0 Å². The summed E-state index contributed by atoms with van der Waals surface area (Å²) in [4.78, 5) is 18.3. The third-order valence-electron chi connectivity index (χ3n) is 8.09. The number of nitrogens with zero attached hydrogens (tertiary/aromatic N) is 6. The molecule has 1 N–H and O–H groups in total. The van der Waals surface area contributed by atoms with Crippen LogP contribution in [0.2, 0.25) is 0 Å².